The normalized spacial score (nSPS) is 21.4. The lowest BCUT2D eigenvalue weighted by Gasteiger charge is -2.47. The van der Waals surface area contributed by atoms with Gasteiger partial charge >= 0.3 is 0 Å². The van der Waals surface area contributed by atoms with Crippen molar-refractivity contribution in [3.8, 4) is 0 Å². The summed E-state index contributed by atoms with van der Waals surface area (Å²) >= 11 is 1.75. The van der Waals surface area contributed by atoms with E-state index in [2.05, 4.69) is 22.4 Å². The lowest BCUT2D eigenvalue weighted by molar-refractivity contribution is -0.141. The number of amides is 2. The molecule has 2 saturated heterocycles. The predicted octanol–water partition coefficient (Wildman–Crippen LogP) is 4.29. The van der Waals surface area contributed by atoms with Gasteiger partial charge in [0.2, 0.25) is 11.8 Å². The van der Waals surface area contributed by atoms with Gasteiger partial charge in [-0.25, -0.2) is 4.39 Å². The molecule has 0 bridgehead atoms. The Morgan fingerprint density at radius 3 is 2.73 bits per heavy atom. The molecule has 2 atom stereocenters. The van der Waals surface area contributed by atoms with E-state index in [1.54, 1.807) is 29.5 Å². The zero-order chi connectivity index (χ0) is 20.9. The number of nitrogens with zero attached hydrogens (tertiary/aromatic N) is 2. The van der Waals surface area contributed by atoms with Crippen LogP contribution in [0.3, 0.4) is 0 Å². The number of piperidine rings is 2. The zero-order valence-electron chi connectivity index (χ0n) is 17.3. The standard InChI is InChI=1S/C24H29FN2O2S/c25-21-10-2-1-6-18(21)16-24(29)26-14-12-22-19(17-26)7-4-13-27(22)23(28)11-3-8-20-9-5-15-30-20/h1-2,5-6,9-10,15,19,22H,3-4,7-8,11-14,16-17H2/t19-,22+/m1/s1. The summed E-state index contributed by atoms with van der Waals surface area (Å²) in [6, 6.07) is 10.9. The molecule has 3 heterocycles. The molecule has 1 aromatic heterocycles. The third kappa shape index (κ3) is 4.91. The topological polar surface area (TPSA) is 40.6 Å². The summed E-state index contributed by atoms with van der Waals surface area (Å²) in [4.78, 5) is 30.9. The first kappa shape index (κ1) is 21.0. The predicted molar refractivity (Wildman–Crippen MR) is 117 cm³/mol. The SMILES string of the molecule is O=C(Cc1ccccc1F)N1CC[C@H]2[C@H](CCCN2C(=O)CCCc2cccs2)C1. The minimum Gasteiger partial charge on any atom is -0.342 e. The molecule has 4 rings (SSSR count). The minimum absolute atomic E-state index is 0.0158. The number of aryl methyl sites for hydroxylation is 1. The fourth-order valence-corrected chi connectivity index (χ4v) is 5.62. The molecule has 0 spiro atoms. The monoisotopic (exact) mass is 428 g/mol. The van der Waals surface area contributed by atoms with E-state index in [4.69, 9.17) is 0 Å². The second-order valence-electron chi connectivity index (χ2n) is 8.39. The van der Waals surface area contributed by atoms with Gasteiger partial charge in [-0.3, -0.25) is 9.59 Å². The molecule has 2 aliphatic heterocycles. The highest BCUT2D eigenvalue weighted by molar-refractivity contribution is 7.09. The first-order valence-corrected chi connectivity index (χ1v) is 11.8. The molecule has 0 unspecified atom stereocenters. The van der Waals surface area contributed by atoms with Crippen molar-refractivity contribution in [2.24, 2.45) is 5.92 Å². The van der Waals surface area contributed by atoms with Crippen LogP contribution in [0.4, 0.5) is 4.39 Å². The Bertz CT molecular complexity index is 870. The molecule has 2 aromatic rings. The lowest BCUT2D eigenvalue weighted by Crippen LogP contribution is -2.56. The van der Waals surface area contributed by atoms with E-state index < -0.39 is 0 Å². The van der Waals surface area contributed by atoms with Crippen LogP contribution in [-0.4, -0.2) is 47.3 Å². The molecule has 4 nitrogen and oxygen atoms in total. The van der Waals surface area contributed by atoms with Gasteiger partial charge in [-0.05, 0) is 61.1 Å². The summed E-state index contributed by atoms with van der Waals surface area (Å²) in [5.74, 6) is 0.251. The van der Waals surface area contributed by atoms with Crippen LogP contribution >= 0.6 is 11.3 Å². The Morgan fingerprint density at radius 2 is 1.93 bits per heavy atom. The number of thiophene rings is 1. The van der Waals surface area contributed by atoms with E-state index in [1.807, 2.05) is 4.90 Å². The quantitative estimate of drug-likeness (QED) is 0.689. The number of benzene rings is 1. The number of hydrogen-bond acceptors (Lipinski definition) is 3. The van der Waals surface area contributed by atoms with Crippen LogP contribution < -0.4 is 0 Å². The van der Waals surface area contributed by atoms with Gasteiger partial charge in [0.15, 0.2) is 0 Å². The number of likely N-dealkylation sites (tertiary alicyclic amines) is 2. The first-order chi connectivity index (χ1) is 14.6. The Hall–Kier alpha value is -2.21. The Labute approximate surface area is 181 Å². The summed E-state index contributed by atoms with van der Waals surface area (Å²) in [5, 5.41) is 2.08. The summed E-state index contributed by atoms with van der Waals surface area (Å²) in [5.41, 5.74) is 0.454. The largest absolute Gasteiger partial charge is 0.342 e. The van der Waals surface area contributed by atoms with Crippen molar-refractivity contribution in [1.82, 2.24) is 9.80 Å². The molecule has 6 heteroatoms. The van der Waals surface area contributed by atoms with Crippen molar-refractivity contribution in [2.75, 3.05) is 19.6 Å². The lowest BCUT2D eigenvalue weighted by atomic mass is 9.83. The van der Waals surface area contributed by atoms with Crippen LogP contribution in [0.1, 0.15) is 42.5 Å². The maximum absolute atomic E-state index is 13.9. The third-order valence-corrected chi connectivity index (χ3v) is 7.37. The van der Waals surface area contributed by atoms with Crippen molar-refractivity contribution in [3.63, 3.8) is 0 Å². The molecule has 2 aliphatic rings. The van der Waals surface area contributed by atoms with E-state index in [0.717, 1.165) is 38.6 Å². The second kappa shape index (κ2) is 9.73. The average molecular weight is 429 g/mol. The highest BCUT2D eigenvalue weighted by atomic mass is 32.1. The van der Waals surface area contributed by atoms with Crippen molar-refractivity contribution in [3.05, 3.63) is 58.0 Å². The Morgan fingerprint density at radius 1 is 1.07 bits per heavy atom. The van der Waals surface area contributed by atoms with Gasteiger partial charge in [0.1, 0.15) is 5.82 Å². The molecule has 0 aliphatic carbocycles. The van der Waals surface area contributed by atoms with Crippen LogP contribution in [0.25, 0.3) is 0 Å². The number of rotatable bonds is 6. The number of halogens is 1. The molecule has 2 fully saturated rings. The fraction of sp³-hybridized carbons (Fsp3) is 0.500. The van der Waals surface area contributed by atoms with Gasteiger partial charge in [-0.2, -0.15) is 0 Å². The van der Waals surface area contributed by atoms with Crippen molar-refractivity contribution in [1.29, 1.82) is 0 Å². The van der Waals surface area contributed by atoms with Gasteiger partial charge in [-0.1, -0.05) is 24.3 Å². The molecule has 0 radical (unpaired) electrons. The molecular formula is C24H29FN2O2S. The van der Waals surface area contributed by atoms with Crippen LogP contribution in [0.5, 0.6) is 0 Å². The smallest absolute Gasteiger partial charge is 0.227 e. The Kier molecular flexibility index (Phi) is 6.82. The van der Waals surface area contributed by atoms with E-state index in [9.17, 15) is 14.0 Å². The van der Waals surface area contributed by atoms with Crippen LogP contribution in [0, 0.1) is 11.7 Å². The number of hydrogen-bond donors (Lipinski definition) is 0. The molecular weight excluding hydrogens is 399 g/mol. The molecule has 2 amide bonds. The fourth-order valence-electron chi connectivity index (χ4n) is 4.87. The van der Waals surface area contributed by atoms with Crippen molar-refractivity contribution < 1.29 is 14.0 Å². The maximum atomic E-state index is 13.9. The van der Waals surface area contributed by atoms with Crippen LogP contribution in [-0.2, 0) is 22.4 Å². The summed E-state index contributed by atoms with van der Waals surface area (Å²) in [6.07, 6.45) is 5.42. The number of carbonyl (C=O) groups excluding carboxylic acids is 2. The number of fused-ring (bicyclic) bond motifs is 1. The van der Waals surface area contributed by atoms with E-state index in [0.29, 0.717) is 31.0 Å². The van der Waals surface area contributed by atoms with Gasteiger partial charge in [0, 0.05) is 37.0 Å². The van der Waals surface area contributed by atoms with E-state index in [1.165, 1.54) is 10.9 Å². The van der Waals surface area contributed by atoms with Crippen LogP contribution in [0.2, 0.25) is 0 Å². The van der Waals surface area contributed by atoms with Crippen molar-refractivity contribution in [2.45, 2.75) is 51.0 Å². The maximum Gasteiger partial charge on any atom is 0.227 e. The molecule has 30 heavy (non-hydrogen) atoms. The molecule has 1 aromatic carbocycles. The highest BCUT2D eigenvalue weighted by Gasteiger charge is 2.38. The second-order valence-corrected chi connectivity index (χ2v) is 9.42. The summed E-state index contributed by atoms with van der Waals surface area (Å²) in [6.45, 7) is 2.16. The van der Waals surface area contributed by atoms with E-state index in [-0.39, 0.29) is 30.1 Å². The Balaban J connectivity index is 1.30. The minimum atomic E-state index is -0.322. The van der Waals surface area contributed by atoms with Gasteiger partial charge in [0.25, 0.3) is 0 Å². The van der Waals surface area contributed by atoms with Crippen molar-refractivity contribution >= 4 is 23.2 Å². The van der Waals surface area contributed by atoms with E-state index >= 15 is 0 Å². The first-order valence-electron chi connectivity index (χ1n) is 10.9. The zero-order valence-corrected chi connectivity index (χ0v) is 18.1. The number of carbonyl (C=O) groups is 2. The highest BCUT2D eigenvalue weighted by Crippen LogP contribution is 2.31. The summed E-state index contributed by atoms with van der Waals surface area (Å²) in [7, 11) is 0. The van der Waals surface area contributed by atoms with Gasteiger partial charge < -0.3 is 9.80 Å². The molecule has 160 valence electrons. The summed E-state index contributed by atoms with van der Waals surface area (Å²) < 4.78 is 13.9. The van der Waals surface area contributed by atoms with Gasteiger partial charge in [-0.15, -0.1) is 11.3 Å². The molecule has 0 saturated carbocycles. The third-order valence-electron chi connectivity index (χ3n) is 6.43. The van der Waals surface area contributed by atoms with Crippen LogP contribution in [0.15, 0.2) is 41.8 Å². The van der Waals surface area contributed by atoms with Gasteiger partial charge in [0.05, 0.1) is 6.42 Å². The molecule has 0 N–H and O–H groups in total. The average Bonchev–Trinajstić information content (AvgIpc) is 3.28.